The molecule has 5 nitrogen and oxygen atoms in total. The molecule has 118 valence electrons. The highest BCUT2D eigenvalue weighted by molar-refractivity contribution is 5.78. The van der Waals surface area contributed by atoms with Gasteiger partial charge in [-0.05, 0) is 43.4 Å². The van der Waals surface area contributed by atoms with Crippen molar-refractivity contribution in [3.05, 3.63) is 0 Å². The zero-order valence-electron chi connectivity index (χ0n) is 12.7. The molecule has 0 aromatic carbocycles. The molecule has 0 aromatic heterocycles. The molecule has 0 spiro atoms. The summed E-state index contributed by atoms with van der Waals surface area (Å²) in [6.45, 7) is 0.550. The number of likely N-dealkylation sites (tertiary alicyclic amines) is 1. The predicted molar refractivity (Wildman–Crippen MR) is 76.7 cm³/mol. The second kappa shape index (κ2) is 5.95. The van der Waals surface area contributed by atoms with E-state index in [1.807, 2.05) is 0 Å². The number of rotatable bonds is 5. The fourth-order valence-corrected chi connectivity index (χ4v) is 4.71. The molecule has 3 rings (SSSR count). The molecule has 1 aliphatic heterocycles. The lowest BCUT2D eigenvalue weighted by Crippen LogP contribution is -2.38. The van der Waals surface area contributed by atoms with Crippen molar-refractivity contribution in [2.75, 3.05) is 13.7 Å². The number of carboxylic acids is 1. The molecule has 5 heteroatoms. The summed E-state index contributed by atoms with van der Waals surface area (Å²) in [5.41, 5.74) is 0. The van der Waals surface area contributed by atoms with Crippen molar-refractivity contribution in [3.8, 4) is 0 Å². The lowest BCUT2D eigenvalue weighted by Gasteiger charge is -2.27. The SMILES string of the molecule is COC1CC(CC(=O)O)N(C(=O)CC2CC3CCC2C3)C1. The van der Waals surface area contributed by atoms with Crippen molar-refractivity contribution < 1.29 is 19.4 Å². The Morgan fingerprint density at radius 1 is 1.19 bits per heavy atom. The van der Waals surface area contributed by atoms with Crippen LogP contribution in [0.25, 0.3) is 0 Å². The van der Waals surface area contributed by atoms with Crippen LogP contribution < -0.4 is 0 Å². The van der Waals surface area contributed by atoms with Crippen LogP contribution >= 0.6 is 0 Å². The molecule has 1 amide bonds. The van der Waals surface area contributed by atoms with Gasteiger partial charge >= 0.3 is 5.97 Å². The van der Waals surface area contributed by atoms with Gasteiger partial charge in [-0.25, -0.2) is 0 Å². The van der Waals surface area contributed by atoms with Gasteiger partial charge in [0.1, 0.15) is 0 Å². The third-order valence-corrected chi connectivity index (χ3v) is 5.76. The quantitative estimate of drug-likeness (QED) is 0.841. The van der Waals surface area contributed by atoms with Crippen molar-refractivity contribution in [3.63, 3.8) is 0 Å². The third-order valence-electron chi connectivity index (χ3n) is 5.76. The van der Waals surface area contributed by atoms with Gasteiger partial charge in [0, 0.05) is 26.1 Å². The minimum atomic E-state index is -0.838. The maximum absolute atomic E-state index is 12.6. The summed E-state index contributed by atoms with van der Waals surface area (Å²) in [6, 6.07) is -0.196. The molecule has 3 aliphatic rings. The Kier molecular flexibility index (Phi) is 4.20. The van der Waals surface area contributed by atoms with Gasteiger partial charge < -0.3 is 14.7 Å². The van der Waals surface area contributed by atoms with Crippen LogP contribution in [-0.4, -0.2) is 47.7 Å². The lowest BCUT2D eigenvalue weighted by atomic mass is 9.86. The second-order valence-corrected chi connectivity index (χ2v) is 7.03. The summed E-state index contributed by atoms with van der Waals surface area (Å²) in [5, 5.41) is 9.02. The van der Waals surface area contributed by atoms with Crippen LogP contribution in [-0.2, 0) is 14.3 Å². The highest BCUT2D eigenvalue weighted by atomic mass is 16.5. The summed E-state index contributed by atoms with van der Waals surface area (Å²) in [4.78, 5) is 25.4. The minimum absolute atomic E-state index is 0.0154. The number of carbonyl (C=O) groups is 2. The van der Waals surface area contributed by atoms with E-state index in [1.54, 1.807) is 12.0 Å². The van der Waals surface area contributed by atoms with Gasteiger partial charge in [0.25, 0.3) is 0 Å². The minimum Gasteiger partial charge on any atom is -0.481 e. The Morgan fingerprint density at radius 2 is 2.00 bits per heavy atom. The average Bonchev–Trinajstić information content (AvgIpc) is 3.12. The number of hydrogen-bond donors (Lipinski definition) is 1. The first-order chi connectivity index (χ1) is 10.1. The van der Waals surface area contributed by atoms with Crippen molar-refractivity contribution in [2.24, 2.45) is 17.8 Å². The van der Waals surface area contributed by atoms with Crippen LogP contribution in [0, 0.1) is 17.8 Å². The first-order valence-corrected chi connectivity index (χ1v) is 8.11. The number of aliphatic carboxylic acids is 1. The summed E-state index contributed by atoms with van der Waals surface area (Å²) in [5.74, 6) is 1.40. The molecule has 3 fully saturated rings. The molecule has 5 atom stereocenters. The molecule has 21 heavy (non-hydrogen) atoms. The highest BCUT2D eigenvalue weighted by Crippen LogP contribution is 2.49. The Bertz CT molecular complexity index is 425. The van der Waals surface area contributed by atoms with Gasteiger partial charge in [-0.15, -0.1) is 0 Å². The molecular weight excluding hydrogens is 270 g/mol. The van der Waals surface area contributed by atoms with Gasteiger partial charge in [0.15, 0.2) is 0 Å². The molecule has 2 bridgehead atoms. The average molecular weight is 295 g/mol. The number of hydrogen-bond acceptors (Lipinski definition) is 3. The van der Waals surface area contributed by atoms with E-state index in [9.17, 15) is 9.59 Å². The predicted octanol–water partition coefficient (Wildman–Crippen LogP) is 1.90. The zero-order valence-corrected chi connectivity index (χ0v) is 12.7. The van der Waals surface area contributed by atoms with E-state index < -0.39 is 5.97 Å². The topological polar surface area (TPSA) is 66.8 Å². The summed E-state index contributed by atoms with van der Waals surface area (Å²) in [6.07, 6.45) is 6.38. The summed E-state index contributed by atoms with van der Waals surface area (Å²) >= 11 is 0. The van der Waals surface area contributed by atoms with E-state index in [0.29, 0.717) is 25.3 Å². The first-order valence-electron chi connectivity index (χ1n) is 8.11. The van der Waals surface area contributed by atoms with Gasteiger partial charge in [-0.2, -0.15) is 0 Å². The summed E-state index contributed by atoms with van der Waals surface area (Å²) in [7, 11) is 1.63. The Morgan fingerprint density at radius 3 is 2.57 bits per heavy atom. The number of carbonyl (C=O) groups excluding carboxylic acids is 1. The number of methoxy groups -OCH3 is 1. The first kappa shape index (κ1) is 14.8. The maximum Gasteiger partial charge on any atom is 0.305 e. The van der Waals surface area contributed by atoms with Crippen LogP contribution in [0.3, 0.4) is 0 Å². The Hall–Kier alpha value is -1.10. The fraction of sp³-hybridized carbons (Fsp3) is 0.875. The smallest absolute Gasteiger partial charge is 0.305 e. The lowest BCUT2D eigenvalue weighted by molar-refractivity contribution is -0.140. The summed E-state index contributed by atoms with van der Waals surface area (Å²) < 4.78 is 5.34. The van der Waals surface area contributed by atoms with E-state index in [1.165, 1.54) is 25.7 Å². The van der Waals surface area contributed by atoms with Crippen molar-refractivity contribution in [1.82, 2.24) is 4.90 Å². The number of ether oxygens (including phenoxy) is 1. The van der Waals surface area contributed by atoms with Crippen LogP contribution in [0.4, 0.5) is 0 Å². The Labute approximate surface area is 125 Å². The maximum atomic E-state index is 12.6. The van der Waals surface area contributed by atoms with Crippen LogP contribution in [0.15, 0.2) is 0 Å². The van der Waals surface area contributed by atoms with Crippen molar-refractivity contribution in [1.29, 1.82) is 0 Å². The monoisotopic (exact) mass is 295 g/mol. The van der Waals surface area contributed by atoms with Crippen molar-refractivity contribution >= 4 is 11.9 Å². The fourth-order valence-electron chi connectivity index (χ4n) is 4.71. The van der Waals surface area contributed by atoms with Gasteiger partial charge in [0.2, 0.25) is 5.91 Å². The molecule has 1 saturated heterocycles. The molecule has 1 heterocycles. The van der Waals surface area contributed by atoms with Crippen LogP contribution in [0.2, 0.25) is 0 Å². The molecule has 0 aromatic rings. The van der Waals surface area contributed by atoms with E-state index in [-0.39, 0.29) is 24.5 Å². The Balaban J connectivity index is 1.60. The molecular formula is C16H25NO4. The van der Waals surface area contributed by atoms with Gasteiger partial charge in [-0.3, -0.25) is 9.59 Å². The van der Waals surface area contributed by atoms with E-state index in [4.69, 9.17) is 9.84 Å². The standard InChI is InChI=1S/C16H25NO4/c1-21-14-7-13(8-16(19)20)17(9-14)15(18)6-12-5-10-2-3-11(12)4-10/h10-14H,2-9H2,1H3,(H,19,20). The molecule has 2 saturated carbocycles. The number of fused-ring (bicyclic) bond motifs is 2. The van der Waals surface area contributed by atoms with E-state index in [0.717, 1.165) is 11.8 Å². The largest absolute Gasteiger partial charge is 0.481 e. The number of nitrogens with zero attached hydrogens (tertiary/aromatic N) is 1. The zero-order chi connectivity index (χ0) is 15.0. The highest BCUT2D eigenvalue weighted by Gasteiger charge is 2.42. The third kappa shape index (κ3) is 3.07. The molecule has 2 aliphatic carbocycles. The second-order valence-electron chi connectivity index (χ2n) is 7.03. The molecule has 5 unspecified atom stereocenters. The van der Waals surface area contributed by atoms with E-state index >= 15 is 0 Å². The van der Waals surface area contributed by atoms with E-state index in [2.05, 4.69) is 0 Å². The number of amides is 1. The van der Waals surface area contributed by atoms with Gasteiger partial charge in [0.05, 0.1) is 12.5 Å². The van der Waals surface area contributed by atoms with Crippen LogP contribution in [0.1, 0.15) is 44.9 Å². The normalized spacial score (nSPS) is 38.1. The van der Waals surface area contributed by atoms with Gasteiger partial charge in [-0.1, -0.05) is 6.42 Å². The molecule has 0 radical (unpaired) electrons. The van der Waals surface area contributed by atoms with Crippen LogP contribution in [0.5, 0.6) is 0 Å². The number of carboxylic acid groups (broad SMARTS) is 1. The molecule has 1 N–H and O–H groups in total. The van der Waals surface area contributed by atoms with Crippen molar-refractivity contribution in [2.45, 2.75) is 57.1 Å².